The van der Waals surface area contributed by atoms with Crippen LogP contribution in [0.1, 0.15) is 18.5 Å². The van der Waals surface area contributed by atoms with E-state index in [2.05, 4.69) is 15.9 Å². The minimum Gasteiger partial charge on any atom is -0.449 e. The molecule has 0 heterocycles. The van der Waals surface area contributed by atoms with Crippen LogP contribution < -0.4 is 10.5 Å². The van der Waals surface area contributed by atoms with Gasteiger partial charge in [-0.2, -0.15) is 0 Å². The van der Waals surface area contributed by atoms with Crippen molar-refractivity contribution in [1.82, 2.24) is 0 Å². The number of nitro benzene ring substituents is 1. The van der Waals surface area contributed by atoms with E-state index in [9.17, 15) is 14.5 Å². The van der Waals surface area contributed by atoms with Crippen molar-refractivity contribution in [1.29, 1.82) is 0 Å². The molecular weight excluding hydrogens is 343 g/mol. The molecule has 21 heavy (non-hydrogen) atoms. The van der Waals surface area contributed by atoms with E-state index in [1.54, 1.807) is 18.2 Å². The third-order valence-corrected chi connectivity index (χ3v) is 3.44. The maximum Gasteiger partial charge on any atom is 0.311 e. The smallest absolute Gasteiger partial charge is 0.311 e. The Bertz CT molecular complexity index is 692. The molecular formula is C14H12BrFN2O3. The summed E-state index contributed by atoms with van der Waals surface area (Å²) >= 11 is 3.31. The summed E-state index contributed by atoms with van der Waals surface area (Å²) in [7, 11) is 0. The summed E-state index contributed by atoms with van der Waals surface area (Å²) in [5, 5.41) is 10.9. The average molecular weight is 355 g/mol. The van der Waals surface area contributed by atoms with Crippen molar-refractivity contribution in [3.63, 3.8) is 0 Å². The second-order valence-electron chi connectivity index (χ2n) is 4.45. The van der Waals surface area contributed by atoms with Crippen LogP contribution >= 0.6 is 15.9 Å². The highest BCUT2D eigenvalue weighted by Crippen LogP contribution is 2.36. The van der Waals surface area contributed by atoms with Crippen LogP contribution in [-0.4, -0.2) is 4.92 Å². The lowest BCUT2D eigenvalue weighted by Crippen LogP contribution is -2.04. The van der Waals surface area contributed by atoms with Gasteiger partial charge >= 0.3 is 5.69 Å². The van der Waals surface area contributed by atoms with E-state index in [0.29, 0.717) is 10.2 Å². The number of hydrogen-bond donors (Lipinski definition) is 1. The summed E-state index contributed by atoms with van der Waals surface area (Å²) in [6.07, 6.45) is 0. The van der Waals surface area contributed by atoms with Crippen molar-refractivity contribution in [3.8, 4) is 11.5 Å². The van der Waals surface area contributed by atoms with Gasteiger partial charge in [0.15, 0.2) is 0 Å². The Morgan fingerprint density at radius 1 is 1.29 bits per heavy atom. The normalized spacial score (nSPS) is 12.0. The Hall–Kier alpha value is -1.99. The highest BCUT2D eigenvalue weighted by atomic mass is 79.9. The molecule has 0 fully saturated rings. The lowest BCUT2D eigenvalue weighted by atomic mass is 10.1. The first kappa shape index (κ1) is 15.4. The van der Waals surface area contributed by atoms with Gasteiger partial charge in [0.2, 0.25) is 5.75 Å². The molecule has 0 aliphatic heterocycles. The van der Waals surface area contributed by atoms with Gasteiger partial charge in [0.1, 0.15) is 11.6 Å². The van der Waals surface area contributed by atoms with Gasteiger partial charge in [-0.1, -0.05) is 6.07 Å². The van der Waals surface area contributed by atoms with E-state index in [0.717, 1.165) is 23.8 Å². The van der Waals surface area contributed by atoms with E-state index in [4.69, 9.17) is 10.5 Å². The molecule has 1 atom stereocenters. The third kappa shape index (κ3) is 3.56. The molecule has 0 radical (unpaired) electrons. The Morgan fingerprint density at radius 2 is 2.00 bits per heavy atom. The second-order valence-corrected chi connectivity index (χ2v) is 5.30. The molecule has 0 aliphatic carbocycles. The van der Waals surface area contributed by atoms with Crippen LogP contribution in [0, 0.1) is 15.9 Å². The summed E-state index contributed by atoms with van der Waals surface area (Å²) in [5.74, 6) is -0.429. The zero-order valence-electron chi connectivity index (χ0n) is 11.0. The van der Waals surface area contributed by atoms with Crippen LogP contribution in [-0.2, 0) is 0 Å². The van der Waals surface area contributed by atoms with Gasteiger partial charge in [0.05, 0.1) is 9.40 Å². The van der Waals surface area contributed by atoms with Crippen LogP contribution in [0.3, 0.4) is 0 Å². The molecule has 5 nitrogen and oxygen atoms in total. The van der Waals surface area contributed by atoms with Crippen LogP contribution in [0.15, 0.2) is 40.9 Å². The fourth-order valence-corrected chi connectivity index (χ4v) is 2.20. The fraction of sp³-hybridized carbons (Fsp3) is 0.143. The van der Waals surface area contributed by atoms with Gasteiger partial charge in [-0.3, -0.25) is 10.1 Å². The summed E-state index contributed by atoms with van der Waals surface area (Å²) in [5.41, 5.74) is 6.34. The molecule has 0 saturated heterocycles. The number of nitrogens with two attached hydrogens (primary N) is 1. The van der Waals surface area contributed by atoms with Crippen molar-refractivity contribution in [2.45, 2.75) is 13.0 Å². The number of halogens is 2. The largest absolute Gasteiger partial charge is 0.449 e. The fourth-order valence-electron chi connectivity index (χ4n) is 1.72. The topological polar surface area (TPSA) is 78.4 Å². The van der Waals surface area contributed by atoms with Gasteiger partial charge in [0.25, 0.3) is 0 Å². The maximum atomic E-state index is 13.3. The molecule has 2 rings (SSSR count). The maximum absolute atomic E-state index is 13.3. The summed E-state index contributed by atoms with van der Waals surface area (Å²) in [6, 6.07) is 8.02. The second kappa shape index (κ2) is 6.19. The van der Waals surface area contributed by atoms with Gasteiger partial charge in [-0.05, 0) is 46.6 Å². The number of rotatable bonds is 4. The molecule has 0 bridgehead atoms. The Balaban J connectivity index is 2.38. The average Bonchev–Trinajstić information content (AvgIpc) is 2.40. The van der Waals surface area contributed by atoms with Gasteiger partial charge in [-0.15, -0.1) is 0 Å². The third-order valence-electron chi connectivity index (χ3n) is 2.82. The zero-order valence-corrected chi connectivity index (χ0v) is 12.6. The predicted octanol–water partition coefficient (Wildman–Crippen LogP) is 4.31. The number of ether oxygens (including phenoxy) is 1. The Labute approximate surface area is 128 Å². The van der Waals surface area contributed by atoms with Crippen molar-refractivity contribution < 1.29 is 14.1 Å². The zero-order chi connectivity index (χ0) is 15.6. The van der Waals surface area contributed by atoms with Crippen LogP contribution in [0.25, 0.3) is 0 Å². The van der Waals surface area contributed by atoms with Gasteiger partial charge in [0, 0.05) is 18.2 Å². The predicted molar refractivity (Wildman–Crippen MR) is 79.9 cm³/mol. The van der Waals surface area contributed by atoms with Gasteiger partial charge < -0.3 is 10.5 Å². The minimum absolute atomic E-state index is 0.154. The first-order valence-electron chi connectivity index (χ1n) is 6.05. The molecule has 0 aliphatic rings. The first-order valence-corrected chi connectivity index (χ1v) is 6.84. The first-order chi connectivity index (χ1) is 9.88. The molecule has 110 valence electrons. The van der Waals surface area contributed by atoms with Crippen molar-refractivity contribution in [2.24, 2.45) is 5.73 Å². The van der Waals surface area contributed by atoms with E-state index in [1.807, 2.05) is 6.92 Å². The number of nitrogens with zero attached hydrogens (tertiary/aromatic N) is 1. The number of nitro groups is 1. The molecule has 0 unspecified atom stereocenters. The molecule has 0 spiro atoms. The molecule has 0 saturated carbocycles. The molecule has 0 aromatic heterocycles. The highest BCUT2D eigenvalue weighted by molar-refractivity contribution is 9.10. The lowest BCUT2D eigenvalue weighted by Gasteiger charge is -2.11. The number of hydrogen-bond acceptors (Lipinski definition) is 4. The highest BCUT2D eigenvalue weighted by Gasteiger charge is 2.18. The SMILES string of the molecule is C[C@H](N)c1ccc(Oc2cc(F)ccc2[N+](=O)[O-])c(Br)c1. The van der Waals surface area contributed by atoms with Crippen LogP contribution in [0.4, 0.5) is 10.1 Å². The molecule has 0 amide bonds. The standard InChI is InChI=1S/C14H12BrFN2O3/c1-8(17)9-2-5-13(11(15)6-9)21-14-7-10(16)3-4-12(14)18(19)20/h2-8H,17H2,1H3/t8-/m0/s1. The Morgan fingerprint density at radius 3 is 2.57 bits per heavy atom. The summed E-state index contributed by atoms with van der Waals surface area (Å²) in [6.45, 7) is 1.83. The minimum atomic E-state index is -0.626. The van der Waals surface area contributed by atoms with E-state index in [-0.39, 0.29) is 17.5 Å². The van der Waals surface area contributed by atoms with Crippen molar-refractivity contribution in [3.05, 3.63) is 62.4 Å². The monoisotopic (exact) mass is 354 g/mol. The van der Waals surface area contributed by atoms with Crippen molar-refractivity contribution in [2.75, 3.05) is 0 Å². The van der Waals surface area contributed by atoms with Crippen LogP contribution in [0.2, 0.25) is 0 Å². The molecule has 2 N–H and O–H groups in total. The van der Waals surface area contributed by atoms with Gasteiger partial charge in [-0.25, -0.2) is 4.39 Å². The van der Waals surface area contributed by atoms with E-state index in [1.165, 1.54) is 0 Å². The van der Waals surface area contributed by atoms with Crippen molar-refractivity contribution >= 4 is 21.6 Å². The molecule has 2 aromatic rings. The summed E-state index contributed by atoms with van der Waals surface area (Å²) in [4.78, 5) is 10.3. The van der Waals surface area contributed by atoms with E-state index >= 15 is 0 Å². The van der Waals surface area contributed by atoms with Crippen LogP contribution in [0.5, 0.6) is 11.5 Å². The lowest BCUT2D eigenvalue weighted by molar-refractivity contribution is -0.385. The Kier molecular flexibility index (Phi) is 4.54. The quantitative estimate of drug-likeness (QED) is 0.655. The van der Waals surface area contributed by atoms with E-state index < -0.39 is 10.7 Å². The molecule has 7 heteroatoms. The summed E-state index contributed by atoms with van der Waals surface area (Å²) < 4.78 is 19.3. The number of benzene rings is 2. The molecule has 2 aromatic carbocycles.